The number of benzene rings is 1. The highest BCUT2D eigenvalue weighted by molar-refractivity contribution is 7.91. The largest absolute Gasteiger partial charge is 0.266 e. The highest BCUT2D eigenvalue weighted by atomic mass is 32.2. The van der Waals surface area contributed by atoms with E-state index in [1.165, 1.54) is 17.0 Å². The van der Waals surface area contributed by atoms with Gasteiger partial charge in [0.1, 0.15) is 12.1 Å². The van der Waals surface area contributed by atoms with E-state index < -0.39 is 15.8 Å². The molecule has 24 heavy (non-hydrogen) atoms. The number of halogens is 1. The van der Waals surface area contributed by atoms with Crippen molar-refractivity contribution >= 4 is 16.0 Å². The Morgan fingerprint density at radius 2 is 2.12 bits per heavy atom. The molecule has 9 heteroatoms. The molecule has 0 aliphatic heterocycles. The van der Waals surface area contributed by atoms with Crippen molar-refractivity contribution in [2.45, 2.75) is 12.7 Å². The summed E-state index contributed by atoms with van der Waals surface area (Å²) in [6.07, 6.45) is 4.53. The molecule has 2 heterocycles. The van der Waals surface area contributed by atoms with Crippen molar-refractivity contribution < 1.29 is 12.8 Å². The Morgan fingerprint density at radius 1 is 1.29 bits per heavy atom. The summed E-state index contributed by atoms with van der Waals surface area (Å²) in [5.41, 5.74) is 1.42. The summed E-state index contributed by atoms with van der Waals surface area (Å²) in [6.45, 7) is 1.61. The van der Waals surface area contributed by atoms with Crippen LogP contribution in [0.25, 0.3) is 5.69 Å². The normalized spacial score (nSPS) is 11.4. The Labute approximate surface area is 138 Å². The molecule has 3 rings (SSSR count). The maximum Gasteiger partial charge on any atom is 0.242 e. The maximum atomic E-state index is 13.6. The summed E-state index contributed by atoms with van der Waals surface area (Å²) in [5, 5.41) is 7.49. The Kier molecular flexibility index (Phi) is 4.26. The average molecular weight is 347 g/mol. The van der Waals surface area contributed by atoms with Crippen molar-refractivity contribution in [2.75, 3.05) is 4.72 Å². The van der Waals surface area contributed by atoms with Gasteiger partial charge in [-0.05, 0) is 36.2 Å². The van der Waals surface area contributed by atoms with Gasteiger partial charge in [0.25, 0.3) is 0 Å². The van der Waals surface area contributed by atoms with Gasteiger partial charge in [-0.25, -0.2) is 12.8 Å². The van der Waals surface area contributed by atoms with E-state index in [1.807, 2.05) is 0 Å². The lowest BCUT2D eigenvalue weighted by atomic mass is 10.2. The first kappa shape index (κ1) is 16.1. The Bertz CT molecular complexity index is 957. The van der Waals surface area contributed by atoms with Crippen LogP contribution in [0.3, 0.4) is 0 Å². The third kappa shape index (κ3) is 3.57. The van der Waals surface area contributed by atoms with Crippen LogP contribution >= 0.6 is 0 Å². The fraction of sp³-hybridized carbons (Fsp3) is 0.133. The average Bonchev–Trinajstić information content (AvgIpc) is 2.99. The lowest BCUT2D eigenvalue weighted by molar-refractivity contribution is 0.598. The van der Waals surface area contributed by atoms with Gasteiger partial charge in [-0.2, -0.15) is 0 Å². The fourth-order valence-corrected chi connectivity index (χ4v) is 3.22. The zero-order chi connectivity index (χ0) is 17.2. The number of hydrogen-bond donors (Lipinski definition) is 1. The lowest BCUT2D eigenvalue weighted by Crippen LogP contribution is -2.18. The Balaban J connectivity index is 1.83. The number of aryl methyl sites for hydroxylation is 1. The van der Waals surface area contributed by atoms with Crippen LogP contribution in [-0.2, 0) is 15.8 Å². The SMILES string of the molecule is Cc1ccc(CS(=O)(=O)Nc2nncn2-c2cccnc2)cc1F. The monoisotopic (exact) mass is 347 g/mol. The van der Waals surface area contributed by atoms with Crippen molar-refractivity contribution in [3.05, 3.63) is 66.0 Å². The molecule has 7 nitrogen and oxygen atoms in total. The minimum atomic E-state index is -3.78. The number of nitrogens with zero attached hydrogens (tertiary/aromatic N) is 4. The van der Waals surface area contributed by atoms with Crippen molar-refractivity contribution in [1.82, 2.24) is 19.7 Å². The molecule has 124 valence electrons. The molecule has 0 unspecified atom stereocenters. The van der Waals surface area contributed by atoms with Crippen molar-refractivity contribution in [3.63, 3.8) is 0 Å². The second-order valence-electron chi connectivity index (χ2n) is 5.18. The van der Waals surface area contributed by atoms with Crippen LogP contribution in [0.5, 0.6) is 0 Å². The highest BCUT2D eigenvalue weighted by Crippen LogP contribution is 2.16. The second-order valence-corrected chi connectivity index (χ2v) is 6.90. The predicted molar refractivity (Wildman–Crippen MR) is 86.5 cm³/mol. The van der Waals surface area contributed by atoms with Crippen molar-refractivity contribution in [2.24, 2.45) is 0 Å². The van der Waals surface area contributed by atoms with E-state index in [0.717, 1.165) is 0 Å². The van der Waals surface area contributed by atoms with Crippen LogP contribution in [-0.4, -0.2) is 28.2 Å². The molecule has 3 aromatic rings. The molecule has 0 saturated heterocycles. The van der Waals surface area contributed by atoms with Gasteiger partial charge in [0.15, 0.2) is 0 Å². The van der Waals surface area contributed by atoms with Crippen LogP contribution in [0, 0.1) is 12.7 Å². The second kappa shape index (κ2) is 6.36. The smallest absolute Gasteiger partial charge is 0.242 e. The molecule has 0 aliphatic carbocycles. The first-order valence-electron chi connectivity index (χ1n) is 7.00. The standard InChI is InChI=1S/C15H14FN5O2S/c1-11-4-5-12(7-14(11)16)9-24(22,23)20-15-19-18-10-21(15)13-3-2-6-17-8-13/h2-8,10H,9H2,1H3,(H,19,20). The van der Waals surface area contributed by atoms with Gasteiger partial charge in [0.05, 0.1) is 17.6 Å². The van der Waals surface area contributed by atoms with Crippen LogP contribution in [0.4, 0.5) is 10.3 Å². The predicted octanol–water partition coefficient (Wildman–Crippen LogP) is 2.05. The zero-order valence-corrected chi connectivity index (χ0v) is 13.5. The van der Waals surface area contributed by atoms with Gasteiger partial charge in [0, 0.05) is 6.20 Å². The number of rotatable bonds is 5. The summed E-state index contributed by atoms with van der Waals surface area (Å²) >= 11 is 0. The summed E-state index contributed by atoms with van der Waals surface area (Å²) in [5.74, 6) is -0.777. The fourth-order valence-electron chi connectivity index (χ4n) is 2.11. The molecule has 0 bridgehead atoms. The van der Waals surface area contributed by atoms with Crippen LogP contribution in [0.1, 0.15) is 11.1 Å². The molecule has 0 radical (unpaired) electrons. The number of aromatic nitrogens is 4. The van der Waals surface area contributed by atoms with Crippen molar-refractivity contribution in [3.8, 4) is 5.69 Å². The quantitative estimate of drug-likeness (QED) is 0.763. The summed E-state index contributed by atoms with van der Waals surface area (Å²) in [6, 6.07) is 7.77. The van der Waals surface area contributed by atoms with E-state index in [2.05, 4.69) is 19.9 Å². The number of pyridine rings is 1. The van der Waals surface area contributed by atoms with E-state index in [4.69, 9.17) is 0 Å². The molecule has 0 atom stereocenters. The summed E-state index contributed by atoms with van der Waals surface area (Å²) in [7, 11) is -3.78. The highest BCUT2D eigenvalue weighted by Gasteiger charge is 2.17. The van der Waals surface area contributed by atoms with E-state index in [1.54, 1.807) is 43.6 Å². The third-order valence-electron chi connectivity index (χ3n) is 3.31. The summed E-state index contributed by atoms with van der Waals surface area (Å²) < 4.78 is 42.0. The van der Waals surface area contributed by atoms with Gasteiger partial charge >= 0.3 is 0 Å². The topological polar surface area (TPSA) is 89.8 Å². The van der Waals surface area contributed by atoms with Gasteiger partial charge in [-0.3, -0.25) is 14.3 Å². The van der Waals surface area contributed by atoms with Crippen LogP contribution in [0.15, 0.2) is 49.1 Å². The van der Waals surface area contributed by atoms with Crippen molar-refractivity contribution in [1.29, 1.82) is 0 Å². The number of anilines is 1. The first-order chi connectivity index (χ1) is 11.4. The lowest BCUT2D eigenvalue weighted by Gasteiger charge is -2.09. The number of sulfonamides is 1. The molecular weight excluding hydrogens is 333 g/mol. The number of nitrogens with one attached hydrogen (secondary N) is 1. The Hall–Kier alpha value is -2.81. The van der Waals surface area contributed by atoms with E-state index in [9.17, 15) is 12.8 Å². The number of hydrogen-bond acceptors (Lipinski definition) is 5. The third-order valence-corrected chi connectivity index (χ3v) is 4.52. The molecular formula is C15H14FN5O2S. The van der Waals surface area contributed by atoms with E-state index >= 15 is 0 Å². The minimum Gasteiger partial charge on any atom is -0.266 e. The summed E-state index contributed by atoms with van der Waals surface area (Å²) in [4.78, 5) is 3.97. The first-order valence-corrected chi connectivity index (χ1v) is 8.66. The molecule has 0 amide bonds. The maximum absolute atomic E-state index is 13.6. The zero-order valence-electron chi connectivity index (χ0n) is 12.7. The Morgan fingerprint density at radius 3 is 2.83 bits per heavy atom. The molecule has 0 fully saturated rings. The minimum absolute atomic E-state index is 0.0376. The van der Waals surface area contributed by atoms with E-state index in [0.29, 0.717) is 16.8 Å². The molecule has 0 spiro atoms. The van der Waals surface area contributed by atoms with Gasteiger partial charge in [-0.1, -0.05) is 12.1 Å². The van der Waals surface area contributed by atoms with Crippen LogP contribution in [0.2, 0.25) is 0 Å². The van der Waals surface area contributed by atoms with Crippen LogP contribution < -0.4 is 4.72 Å². The molecule has 2 aromatic heterocycles. The molecule has 1 aromatic carbocycles. The molecule has 1 N–H and O–H groups in total. The molecule has 0 aliphatic rings. The van der Waals surface area contributed by atoms with Gasteiger partial charge in [0.2, 0.25) is 16.0 Å². The molecule has 0 saturated carbocycles. The van der Waals surface area contributed by atoms with Gasteiger partial charge in [-0.15, -0.1) is 10.2 Å². The van der Waals surface area contributed by atoms with E-state index in [-0.39, 0.29) is 11.7 Å². The van der Waals surface area contributed by atoms with Gasteiger partial charge < -0.3 is 0 Å².